The van der Waals surface area contributed by atoms with E-state index in [1.165, 1.54) is 4.90 Å². The van der Waals surface area contributed by atoms with E-state index in [4.69, 9.17) is 4.74 Å². The summed E-state index contributed by atoms with van der Waals surface area (Å²) in [4.78, 5) is 40.9. The van der Waals surface area contributed by atoms with Gasteiger partial charge in [0.2, 0.25) is 0 Å². The number of nitrogens with one attached hydrogen (secondary N) is 1. The van der Waals surface area contributed by atoms with Crippen molar-refractivity contribution < 1.29 is 24.2 Å². The molecule has 0 heterocycles. The molecule has 0 spiro atoms. The first-order chi connectivity index (χ1) is 21.7. The Morgan fingerprint density at radius 2 is 1.24 bits per heavy atom. The zero-order valence-corrected chi connectivity index (χ0v) is 26.1. The molecule has 0 fully saturated rings. The molecule has 1 unspecified atom stereocenters. The molecule has 2 N–H and O–H groups in total. The third kappa shape index (κ3) is 9.80. The number of aliphatic carboxylic acids is 1. The monoisotopic (exact) mass is 606 g/mol. The minimum Gasteiger partial charge on any atom is -0.480 e. The van der Waals surface area contributed by atoms with E-state index in [1.807, 2.05) is 129 Å². The van der Waals surface area contributed by atoms with Gasteiger partial charge >= 0.3 is 18.0 Å². The molecule has 0 bridgehead atoms. The average molecular weight is 607 g/mol. The van der Waals surface area contributed by atoms with Gasteiger partial charge in [0.15, 0.2) is 0 Å². The van der Waals surface area contributed by atoms with E-state index in [-0.39, 0.29) is 19.1 Å². The molecule has 45 heavy (non-hydrogen) atoms. The fraction of sp³-hybridized carbons (Fsp3) is 0.289. The first-order valence-corrected chi connectivity index (χ1v) is 15.4. The normalized spacial score (nSPS) is 13.0. The number of rotatable bonds is 14. The van der Waals surface area contributed by atoms with Crippen molar-refractivity contribution in [3.05, 3.63) is 132 Å². The Morgan fingerprint density at radius 3 is 1.80 bits per heavy atom. The quantitative estimate of drug-likeness (QED) is 0.148. The largest absolute Gasteiger partial charge is 0.480 e. The van der Waals surface area contributed by atoms with Gasteiger partial charge in [-0.1, -0.05) is 136 Å². The smallest absolute Gasteiger partial charge is 0.326 e. The van der Waals surface area contributed by atoms with Crippen molar-refractivity contribution in [2.75, 3.05) is 13.1 Å². The van der Waals surface area contributed by atoms with Gasteiger partial charge in [-0.15, -0.1) is 0 Å². The third-order valence-corrected chi connectivity index (χ3v) is 7.69. The SMILES string of the molecule is CC(C)CN(C[C@H](C)C(=O)OCc1ccccc1)C(=O)N[C@H](C(=O)O)C(Cc1ccccc1)c1ccc(-c2ccccc2)cc1. The Bertz CT molecular complexity index is 1510. The summed E-state index contributed by atoms with van der Waals surface area (Å²) in [6.45, 7) is 6.25. The van der Waals surface area contributed by atoms with Crippen molar-refractivity contribution in [3.8, 4) is 11.1 Å². The average Bonchev–Trinajstić information content (AvgIpc) is 3.06. The molecule has 3 atom stereocenters. The molecule has 4 rings (SSSR count). The highest BCUT2D eigenvalue weighted by molar-refractivity contribution is 5.84. The predicted molar refractivity (Wildman–Crippen MR) is 177 cm³/mol. The van der Waals surface area contributed by atoms with Crippen LogP contribution in [-0.2, 0) is 27.4 Å². The van der Waals surface area contributed by atoms with E-state index in [0.717, 1.165) is 27.8 Å². The number of urea groups is 1. The van der Waals surface area contributed by atoms with Crippen molar-refractivity contribution in [2.24, 2.45) is 11.8 Å². The minimum absolute atomic E-state index is 0.0946. The van der Waals surface area contributed by atoms with Gasteiger partial charge in [-0.25, -0.2) is 9.59 Å². The van der Waals surface area contributed by atoms with Gasteiger partial charge in [0, 0.05) is 19.0 Å². The van der Waals surface area contributed by atoms with Crippen LogP contribution in [0.1, 0.15) is 43.4 Å². The van der Waals surface area contributed by atoms with Crippen LogP contribution in [0.5, 0.6) is 0 Å². The van der Waals surface area contributed by atoms with Gasteiger partial charge in [-0.2, -0.15) is 0 Å². The molecule has 7 nitrogen and oxygen atoms in total. The van der Waals surface area contributed by atoms with E-state index in [0.29, 0.717) is 13.0 Å². The van der Waals surface area contributed by atoms with Crippen molar-refractivity contribution in [2.45, 2.75) is 45.8 Å². The van der Waals surface area contributed by atoms with Crippen LogP contribution in [-0.4, -0.2) is 47.1 Å². The van der Waals surface area contributed by atoms with Gasteiger partial charge < -0.3 is 20.1 Å². The number of hydrogen-bond donors (Lipinski definition) is 2. The molecular weight excluding hydrogens is 564 g/mol. The molecule has 7 heteroatoms. The summed E-state index contributed by atoms with van der Waals surface area (Å²) in [5.41, 5.74) is 4.72. The number of carbonyl (C=O) groups is 3. The van der Waals surface area contributed by atoms with Crippen LogP contribution in [0.4, 0.5) is 4.79 Å². The Kier molecular flexibility index (Phi) is 11.9. The molecule has 0 saturated heterocycles. The maximum Gasteiger partial charge on any atom is 0.326 e. The fourth-order valence-electron chi connectivity index (χ4n) is 5.37. The highest BCUT2D eigenvalue weighted by Crippen LogP contribution is 2.28. The zero-order chi connectivity index (χ0) is 32.2. The number of benzene rings is 4. The third-order valence-electron chi connectivity index (χ3n) is 7.69. The lowest BCUT2D eigenvalue weighted by atomic mass is 9.85. The lowest BCUT2D eigenvalue weighted by molar-refractivity contribution is -0.149. The first kappa shape index (κ1) is 33.0. The molecule has 234 valence electrons. The topological polar surface area (TPSA) is 95.9 Å². The highest BCUT2D eigenvalue weighted by Gasteiger charge is 2.33. The summed E-state index contributed by atoms with van der Waals surface area (Å²) >= 11 is 0. The molecule has 4 aromatic carbocycles. The Balaban J connectivity index is 1.54. The van der Waals surface area contributed by atoms with Crippen LogP contribution in [0.2, 0.25) is 0 Å². The van der Waals surface area contributed by atoms with Crippen molar-refractivity contribution in [1.29, 1.82) is 0 Å². The van der Waals surface area contributed by atoms with Crippen LogP contribution < -0.4 is 5.32 Å². The molecule has 0 saturated carbocycles. The Morgan fingerprint density at radius 1 is 0.711 bits per heavy atom. The standard InChI is InChI=1S/C38H42N2O5/c1-27(2)24-40(25-28(3)37(43)45-26-30-15-9-5-10-16-30)38(44)39-35(36(41)42)34(23-29-13-7-4-8-14-29)33-21-19-32(20-22-33)31-17-11-6-12-18-31/h4-22,27-28,34-35H,23-26H2,1-3H3,(H,39,44)(H,41,42)/t28-,34?,35-/m0/s1. The number of carboxylic acid groups (broad SMARTS) is 1. The minimum atomic E-state index is -1.21. The number of carbonyl (C=O) groups excluding carboxylic acids is 2. The molecule has 0 aliphatic rings. The van der Waals surface area contributed by atoms with Crippen molar-refractivity contribution >= 4 is 18.0 Å². The summed E-state index contributed by atoms with van der Waals surface area (Å²) in [5, 5.41) is 13.3. The van der Waals surface area contributed by atoms with Gasteiger partial charge in [-0.3, -0.25) is 4.79 Å². The number of amides is 2. The number of ether oxygens (including phenoxy) is 1. The summed E-state index contributed by atoms with van der Waals surface area (Å²) in [6.07, 6.45) is 0.412. The number of esters is 1. The summed E-state index contributed by atoms with van der Waals surface area (Å²) in [5.74, 6) is -2.61. The number of nitrogens with zero attached hydrogens (tertiary/aromatic N) is 1. The Hall–Kier alpha value is -4.91. The van der Waals surface area contributed by atoms with Gasteiger partial charge in [0.1, 0.15) is 12.6 Å². The van der Waals surface area contributed by atoms with E-state index < -0.39 is 35.8 Å². The molecule has 0 aromatic heterocycles. The van der Waals surface area contributed by atoms with Gasteiger partial charge in [0.05, 0.1) is 5.92 Å². The van der Waals surface area contributed by atoms with Crippen LogP contribution in [0.25, 0.3) is 11.1 Å². The molecular formula is C38H42N2O5. The Labute approximate surface area is 265 Å². The zero-order valence-electron chi connectivity index (χ0n) is 26.1. The van der Waals surface area contributed by atoms with Crippen molar-refractivity contribution in [3.63, 3.8) is 0 Å². The molecule has 0 aliphatic carbocycles. The highest BCUT2D eigenvalue weighted by atomic mass is 16.5. The van der Waals surface area contributed by atoms with Crippen LogP contribution in [0.3, 0.4) is 0 Å². The second kappa shape index (κ2) is 16.2. The van der Waals surface area contributed by atoms with Crippen LogP contribution >= 0.6 is 0 Å². The lowest BCUT2D eigenvalue weighted by Crippen LogP contribution is -2.52. The van der Waals surface area contributed by atoms with E-state index in [2.05, 4.69) is 5.32 Å². The molecule has 4 aromatic rings. The fourth-order valence-corrected chi connectivity index (χ4v) is 5.37. The number of carboxylic acids is 1. The summed E-state index contributed by atoms with van der Waals surface area (Å²) in [6, 6.07) is 35.1. The van der Waals surface area contributed by atoms with Gasteiger partial charge in [-0.05, 0) is 40.2 Å². The lowest BCUT2D eigenvalue weighted by Gasteiger charge is -2.31. The molecule has 2 amide bonds. The van der Waals surface area contributed by atoms with E-state index >= 15 is 0 Å². The molecule has 0 aliphatic heterocycles. The molecule has 0 radical (unpaired) electrons. The first-order valence-electron chi connectivity index (χ1n) is 15.4. The predicted octanol–water partition coefficient (Wildman–Crippen LogP) is 7.18. The summed E-state index contributed by atoms with van der Waals surface area (Å²) < 4.78 is 5.51. The second-order valence-corrected chi connectivity index (χ2v) is 11.8. The van der Waals surface area contributed by atoms with Crippen LogP contribution in [0, 0.1) is 11.8 Å². The maximum atomic E-state index is 13.8. The second-order valence-electron chi connectivity index (χ2n) is 11.8. The number of hydrogen-bond acceptors (Lipinski definition) is 4. The van der Waals surface area contributed by atoms with E-state index in [1.54, 1.807) is 6.92 Å². The summed E-state index contributed by atoms with van der Waals surface area (Å²) in [7, 11) is 0. The van der Waals surface area contributed by atoms with Gasteiger partial charge in [0.25, 0.3) is 0 Å². The van der Waals surface area contributed by atoms with E-state index in [9.17, 15) is 19.5 Å². The maximum absolute atomic E-state index is 13.8. The van der Waals surface area contributed by atoms with Crippen LogP contribution in [0.15, 0.2) is 115 Å². The van der Waals surface area contributed by atoms with Crippen molar-refractivity contribution in [1.82, 2.24) is 10.2 Å².